The number of rotatable bonds is 4. The molecule has 5 heteroatoms. The third kappa shape index (κ3) is 3.74. The Morgan fingerprint density at radius 3 is 2.56 bits per heavy atom. The normalized spacial score (nSPS) is 23.5. The predicted octanol–water partition coefficient (Wildman–Crippen LogP) is 3.95. The van der Waals surface area contributed by atoms with E-state index < -0.39 is 0 Å². The number of carbonyl (C=O) groups excluding carboxylic acids is 1. The molecule has 144 valence electrons. The number of likely N-dealkylation sites (tertiary alicyclic amines) is 2. The quantitative estimate of drug-likeness (QED) is 0.820. The van der Waals surface area contributed by atoms with Crippen LogP contribution in [0.1, 0.15) is 48.0 Å². The Kier molecular flexibility index (Phi) is 5.21. The summed E-state index contributed by atoms with van der Waals surface area (Å²) in [4.78, 5) is 17.6. The number of ether oxygens (including phenoxy) is 1. The number of carbonyl (C=O) groups is 1. The molecule has 2 saturated heterocycles. The Balaban J connectivity index is 1.43. The molecule has 1 aromatic carbocycles. The summed E-state index contributed by atoms with van der Waals surface area (Å²) in [6.07, 6.45) is 8.64. The van der Waals surface area contributed by atoms with Gasteiger partial charge in [0.25, 0.3) is 5.91 Å². The molecule has 1 amide bonds. The van der Waals surface area contributed by atoms with Gasteiger partial charge in [-0.3, -0.25) is 9.69 Å². The van der Waals surface area contributed by atoms with Crippen molar-refractivity contribution in [3.05, 3.63) is 54.0 Å². The molecule has 0 unspecified atom stereocenters. The van der Waals surface area contributed by atoms with Gasteiger partial charge in [-0.25, -0.2) is 0 Å². The Morgan fingerprint density at radius 2 is 1.85 bits per heavy atom. The van der Waals surface area contributed by atoms with Gasteiger partial charge in [-0.15, -0.1) is 0 Å². The Labute approximate surface area is 160 Å². The first kappa shape index (κ1) is 18.1. The second-order valence-corrected chi connectivity index (χ2v) is 7.77. The highest BCUT2D eigenvalue weighted by Crippen LogP contribution is 2.39. The lowest BCUT2D eigenvalue weighted by Gasteiger charge is -2.38. The standard InChI is InChI=1S/C22H28N2O3/c1-26-20-6-4-18(5-7-20)16-23-12-2-9-22(11-14-23)10-3-13-24(22)21(25)19-8-15-27-17-19/h4-8,15,17H,2-3,9-14,16H2,1H3/t22-/m0/s1. The van der Waals surface area contributed by atoms with Crippen LogP contribution in [0.5, 0.6) is 5.75 Å². The van der Waals surface area contributed by atoms with E-state index in [9.17, 15) is 4.79 Å². The lowest BCUT2D eigenvalue weighted by atomic mass is 9.87. The van der Waals surface area contributed by atoms with Gasteiger partial charge in [-0.05, 0) is 62.4 Å². The maximum absolute atomic E-state index is 13.0. The van der Waals surface area contributed by atoms with E-state index in [0.717, 1.165) is 64.0 Å². The smallest absolute Gasteiger partial charge is 0.257 e. The molecule has 0 saturated carbocycles. The molecular weight excluding hydrogens is 340 g/mol. The predicted molar refractivity (Wildman–Crippen MR) is 104 cm³/mol. The van der Waals surface area contributed by atoms with Gasteiger partial charge in [0, 0.05) is 25.2 Å². The van der Waals surface area contributed by atoms with E-state index in [2.05, 4.69) is 21.9 Å². The number of nitrogens with zero attached hydrogens (tertiary/aromatic N) is 2. The summed E-state index contributed by atoms with van der Waals surface area (Å²) < 4.78 is 10.4. The molecule has 1 atom stereocenters. The van der Waals surface area contributed by atoms with Crippen molar-refractivity contribution in [1.82, 2.24) is 9.80 Å². The molecule has 0 bridgehead atoms. The number of hydrogen-bond donors (Lipinski definition) is 0. The summed E-state index contributed by atoms with van der Waals surface area (Å²) in [5.74, 6) is 1.03. The van der Waals surface area contributed by atoms with Gasteiger partial charge in [0.1, 0.15) is 12.0 Å². The van der Waals surface area contributed by atoms with E-state index in [0.29, 0.717) is 5.56 Å². The van der Waals surface area contributed by atoms with Crippen LogP contribution in [-0.2, 0) is 6.54 Å². The molecule has 0 N–H and O–H groups in total. The molecule has 2 aliphatic heterocycles. The number of hydrogen-bond acceptors (Lipinski definition) is 4. The number of benzene rings is 1. The Hall–Kier alpha value is -2.27. The molecule has 0 radical (unpaired) electrons. The summed E-state index contributed by atoms with van der Waals surface area (Å²) in [5, 5.41) is 0. The van der Waals surface area contributed by atoms with Crippen molar-refractivity contribution in [1.29, 1.82) is 0 Å². The van der Waals surface area contributed by atoms with E-state index in [-0.39, 0.29) is 11.4 Å². The van der Waals surface area contributed by atoms with E-state index in [1.54, 1.807) is 25.7 Å². The number of amides is 1. The highest BCUT2D eigenvalue weighted by molar-refractivity contribution is 5.94. The van der Waals surface area contributed by atoms with Crippen LogP contribution >= 0.6 is 0 Å². The molecule has 27 heavy (non-hydrogen) atoms. The van der Waals surface area contributed by atoms with Crippen LogP contribution in [0.3, 0.4) is 0 Å². The van der Waals surface area contributed by atoms with Crippen molar-refractivity contribution in [3.63, 3.8) is 0 Å². The topological polar surface area (TPSA) is 45.9 Å². The van der Waals surface area contributed by atoms with Crippen LogP contribution < -0.4 is 4.74 Å². The van der Waals surface area contributed by atoms with Gasteiger partial charge in [0.05, 0.1) is 18.9 Å². The van der Waals surface area contributed by atoms with Crippen molar-refractivity contribution in [2.24, 2.45) is 0 Å². The highest BCUT2D eigenvalue weighted by Gasteiger charge is 2.44. The van der Waals surface area contributed by atoms with E-state index >= 15 is 0 Å². The first-order chi connectivity index (χ1) is 13.2. The molecule has 1 aromatic heterocycles. The summed E-state index contributed by atoms with van der Waals surface area (Å²) in [5.41, 5.74) is 2.00. The number of methoxy groups -OCH3 is 1. The molecule has 3 heterocycles. The van der Waals surface area contributed by atoms with Gasteiger partial charge in [-0.2, -0.15) is 0 Å². The van der Waals surface area contributed by atoms with Crippen molar-refractivity contribution >= 4 is 5.91 Å². The molecule has 2 aliphatic rings. The first-order valence-corrected chi connectivity index (χ1v) is 9.90. The third-order valence-corrected chi connectivity index (χ3v) is 6.18. The van der Waals surface area contributed by atoms with E-state index in [4.69, 9.17) is 9.15 Å². The van der Waals surface area contributed by atoms with Crippen LogP contribution in [-0.4, -0.2) is 48.0 Å². The maximum atomic E-state index is 13.0. The second-order valence-electron chi connectivity index (χ2n) is 7.77. The zero-order valence-corrected chi connectivity index (χ0v) is 16.0. The zero-order valence-electron chi connectivity index (χ0n) is 16.0. The van der Waals surface area contributed by atoms with E-state index in [1.807, 2.05) is 12.1 Å². The Bertz CT molecular complexity index is 756. The molecule has 5 nitrogen and oxygen atoms in total. The van der Waals surface area contributed by atoms with Crippen LogP contribution in [0.15, 0.2) is 47.3 Å². The summed E-state index contributed by atoms with van der Waals surface area (Å²) in [6.45, 7) is 3.93. The monoisotopic (exact) mass is 368 g/mol. The second kappa shape index (κ2) is 7.77. The molecule has 2 fully saturated rings. The van der Waals surface area contributed by atoms with Crippen molar-refractivity contribution < 1.29 is 13.9 Å². The minimum atomic E-state index is 0.0169. The number of furan rings is 1. The maximum Gasteiger partial charge on any atom is 0.257 e. The third-order valence-electron chi connectivity index (χ3n) is 6.18. The first-order valence-electron chi connectivity index (χ1n) is 9.90. The minimum Gasteiger partial charge on any atom is -0.497 e. The molecular formula is C22H28N2O3. The Morgan fingerprint density at radius 1 is 1.07 bits per heavy atom. The van der Waals surface area contributed by atoms with Crippen molar-refractivity contribution in [2.75, 3.05) is 26.7 Å². The molecule has 1 spiro atoms. The summed E-state index contributed by atoms with van der Waals surface area (Å²) >= 11 is 0. The fourth-order valence-corrected chi connectivity index (χ4v) is 4.70. The molecule has 2 aromatic rings. The largest absolute Gasteiger partial charge is 0.497 e. The summed E-state index contributed by atoms with van der Waals surface area (Å²) in [7, 11) is 1.70. The van der Waals surface area contributed by atoms with Crippen LogP contribution in [0.2, 0.25) is 0 Å². The molecule has 0 aliphatic carbocycles. The average Bonchev–Trinajstić information content (AvgIpc) is 3.32. The van der Waals surface area contributed by atoms with Crippen molar-refractivity contribution in [2.45, 2.75) is 44.2 Å². The van der Waals surface area contributed by atoms with Crippen LogP contribution in [0.4, 0.5) is 0 Å². The van der Waals surface area contributed by atoms with E-state index in [1.165, 1.54) is 5.56 Å². The van der Waals surface area contributed by atoms with Crippen molar-refractivity contribution in [3.8, 4) is 5.75 Å². The van der Waals surface area contributed by atoms with Crippen LogP contribution in [0, 0.1) is 0 Å². The SMILES string of the molecule is COc1ccc(CN2CCC[C@]3(CCCN3C(=O)c3ccoc3)CC2)cc1. The lowest BCUT2D eigenvalue weighted by Crippen LogP contribution is -2.47. The van der Waals surface area contributed by atoms with Gasteiger partial charge in [0.2, 0.25) is 0 Å². The van der Waals surface area contributed by atoms with Gasteiger partial charge < -0.3 is 14.1 Å². The van der Waals surface area contributed by atoms with Crippen LogP contribution in [0.25, 0.3) is 0 Å². The summed E-state index contributed by atoms with van der Waals surface area (Å²) in [6, 6.07) is 10.1. The fourth-order valence-electron chi connectivity index (χ4n) is 4.70. The van der Waals surface area contributed by atoms with Gasteiger partial charge >= 0.3 is 0 Å². The lowest BCUT2D eigenvalue weighted by molar-refractivity contribution is 0.0557. The van der Waals surface area contributed by atoms with Gasteiger partial charge in [-0.1, -0.05) is 12.1 Å². The highest BCUT2D eigenvalue weighted by atomic mass is 16.5. The molecule has 4 rings (SSSR count). The average molecular weight is 368 g/mol. The van der Waals surface area contributed by atoms with Gasteiger partial charge in [0.15, 0.2) is 0 Å². The zero-order chi connectivity index (χ0) is 18.7. The minimum absolute atomic E-state index is 0.0169. The fraction of sp³-hybridized carbons (Fsp3) is 0.500.